The zero-order chi connectivity index (χ0) is 11.5. The maximum absolute atomic E-state index is 9.45. The number of aliphatic hydroxyl groups is 1. The molecule has 0 aliphatic heterocycles. The number of nitrogens with zero attached hydrogens (tertiary/aromatic N) is 1. The van der Waals surface area contributed by atoms with Crippen LogP contribution in [0.3, 0.4) is 0 Å². The number of thioether (sulfide) groups is 1. The quantitative estimate of drug-likeness (QED) is 0.827. The highest BCUT2D eigenvalue weighted by Gasteiger charge is 2.11. The Morgan fingerprint density at radius 3 is 2.62 bits per heavy atom. The van der Waals surface area contributed by atoms with Crippen molar-refractivity contribution in [3.8, 4) is 0 Å². The van der Waals surface area contributed by atoms with Gasteiger partial charge in [0.25, 0.3) is 0 Å². The summed E-state index contributed by atoms with van der Waals surface area (Å²) >= 11 is 1.61. The molecule has 2 nitrogen and oxygen atoms in total. The topological polar surface area (TPSA) is 33.1 Å². The highest BCUT2D eigenvalue weighted by molar-refractivity contribution is 7.99. The predicted octanol–water partition coefficient (Wildman–Crippen LogP) is 3.10. The molecule has 0 bridgehead atoms. The second-order valence-corrected chi connectivity index (χ2v) is 5.30. The smallest absolute Gasteiger partial charge is 0.0971 e. The molecule has 0 aliphatic carbocycles. The Balaban J connectivity index is 2.26. The fraction of sp³-hybridized carbons (Fsp3) is 0.308. The third-order valence-electron chi connectivity index (χ3n) is 2.56. The average Bonchev–Trinajstić information content (AvgIpc) is 2.28. The molecule has 2 aromatic rings. The van der Waals surface area contributed by atoms with Gasteiger partial charge in [0.15, 0.2) is 0 Å². The lowest BCUT2D eigenvalue weighted by Gasteiger charge is -2.13. The zero-order valence-corrected chi connectivity index (χ0v) is 10.2. The highest BCUT2D eigenvalue weighted by Crippen LogP contribution is 2.25. The van der Waals surface area contributed by atoms with E-state index in [0.29, 0.717) is 0 Å². The van der Waals surface area contributed by atoms with Crippen molar-refractivity contribution in [1.82, 2.24) is 4.98 Å². The van der Waals surface area contributed by atoms with E-state index in [1.54, 1.807) is 18.7 Å². The predicted molar refractivity (Wildman–Crippen MR) is 68.7 cm³/mol. The molecule has 84 valence electrons. The Hall–Kier alpha value is -1.06. The molecule has 1 heterocycles. The van der Waals surface area contributed by atoms with Gasteiger partial charge in [0.2, 0.25) is 0 Å². The van der Waals surface area contributed by atoms with Crippen LogP contribution in [-0.4, -0.2) is 21.4 Å². The van der Waals surface area contributed by atoms with Gasteiger partial charge in [-0.05, 0) is 19.1 Å². The van der Waals surface area contributed by atoms with Crippen molar-refractivity contribution < 1.29 is 5.11 Å². The Morgan fingerprint density at radius 1 is 1.12 bits per heavy atom. The maximum atomic E-state index is 9.45. The summed E-state index contributed by atoms with van der Waals surface area (Å²) in [5.74, 6) is 0. The molecular formula is C13H15NOS. The van der Waals surface area contributed by atoms with Gasteiger partial charge in [-0.2, -0.15) is 0 Å². The standard InChI is InChI=1S/C13H15NOS/c1-9(15)10(2)16-13-8-7-11-5-3-4-6-12(11)14-13/h3-10,15H,1-2H3. The normalized spacial score (nSPS) is 14.9. The number of para-hydroxylation sites is 1. The number of aromatic nitrogens is 1. The molecule has 1 aromatic heterocycles. The molecule has 16 heavy (non-hydrogen) atoms. The van der Waals surface area contributed by atoms with Crippen LogP contribution >= 0.6 is 11.8 Å². The summed E-state index contributed by atoms with van der Waals surface area (Å²) in [6.45, 7) is 3.81. The Kier molecular flexibility index (Phi) is 3.46. The van der Waals surface area contributed by atoms with Gasteiger partial charge < -0.3 is 5.11 Å². The van der Waals surface area contributed by atoms with Crippen LogP contribution in [0.2, 0.25) is 0 Å². The molecule has 0 saturated carbocycles. The van der Waals surface area contributed by atoms with Crippen LogP contribution in [0.1, 0.15) is 13.8 Å². The largest absolute Gasteiger partial charge is 0.392 e. The lowest BCUT2D eigenvalue weighted by molar-refractivity contribution is 0.196. The minimum Gasteiger partial charge on any atom is -0.392 e. The van der Waals surface area contributed by atoms with Gasteiger partial charge in [-0.1, -0.05) is 31.2 Å². The third kappa shape index (κ3) is 2.54. The molecule has 0 saturated heterocycles. The SMILES string of the molecule is CC(O)C(C)Sc1ccc2ccccc2n1. The maximum Gasteiger partial charge on any atom is 0.0971 e. The van der Waals surface area contributed by atoms with Crippen molar-refractivity contribution in [2.24, 2.45) is 0 Å². The summed E-state index contributed by atoms with van der Waals surface area (Å²) in [6.07, 6.45) is -0.321. The van der Waals surface area contributed by atoms with E-state index in [-0.39, 0.29) is 11.4 Å². The first-order valence-corrected chi connectivity index (χ1v) is 6.25. The van der Waals surface area contributed by atoms with Gasteiger partial charge in [0.05, 0.1) is 16.6 Å². The van der Waals surface area contributed by atoms with Gasteiger partial charge in [-0.25, -0.2) is 4.98 Å². The first-order chi connectivity index (χ1) is 7.66. The fourth-order valence-corrected chi connectivity index (χ4v) is 2.28. The number of fused-ring (bicyclic) bond motifs is 1. The lowest BCUT2D eigenvalue weighted by Crippen LogP contribution is -2.15. The summed E-state index contributed by atoms with van der Waals surface area (Å²) in [5, 5.41) is 11.7. The van der Waals surface area contributed by atoms with Gasteiger partial charge in [0.1, 0.15) is 0 Å². The average molecular weight is 233 g/mol. The Labute approximate surface area is 99.7 Å². The summed E-state index contributed by atoms with van der Waals surface area (Å²) in [5.41, 5.74) is 1.00. The summed E-state index contributed by atoms with van der Waals surface area (Å²) in [6, 6.07) is 12.1. The third-order valence-corrected chi connectivity index (χ3v) is 3.79. The van der Waals surface area contributed by atoms with Crippen molar-refractivity contribution in [3.63, 3.8) is 0 Å². The molecule has 0 radical (unpaired) electrons. The van der Waals surface area contributed by atoms with Crippen molar-refractivity contribution in [2.45, 2.75) is 30.2 Å². The fourth-order valence-electron chi connectivity index (χ4n) is 1.40. The summed E-state index contributed by atoms with van der Waals surface area (Å²) in [7, 11) is 0. The van der Waals surface area contributed by atoms with Crippen LogP contribution in [0.15, 0.2) is 41.4 Å². The Morgan fingerprint density at radius 2 is 1.88 bits per heavy atom. The van der Waals surface area contributed by atoms with E-state index in [4.69, 9.17) is 0 Å². The van der Waals surface area contributed by atoms with Crippen molar-refractivity contribution >= 4 is 22.7 Å². The second kappa shape index (κ2) is 4.85. The minimum atomic E-state index is -0.321. The van der Waals surface area contributed by atoms with E-state index < -0.39 is 0 Å². The second-order valence-electron chi connectivity index (χ2n) is 3.91. The van der Waals surface area contributed by atoms with Gasteiger partial charge in [0, 0.05) is 10.6 Å². The number of pyridine rings is 1. The molecule has 0 amide bonds. The minimum absolute atomic E-state index is 0.161. The first-order valence-electron chi connectivity index (χ1n) is 5.37. The number of rotatable bonds is 3. The zero-order valence-electron chi connectivity index (χ0n) is 9.42. The van der Waals surface area contributed by atoms with Crippen LogP contribution in [0.4, 0.5) is 0 Å². The number of hydrogen-bond donors (Lipinski definition) is 1. The van der Waals surface area contributed by atoms with Gasteiger partial charge >= 0.3 is 0 Å². The number of hydrogen-bond acceptors (Lipinski definition) is 3. The van der Waals surface area contributed by atoms with E-state index in [1.807, 2.05) is 31.2 Å². The van der Waals surface area contributed by atoms with E-state index >= 15 is 0 Å². The van der Waals surface area contributed by atoms with Crippen LogP contribution < -0.4 is 0 Å². The van der Waals surface area contributed by atoms with Crippen LogP contribution in [0, 0.1) is 0 Å². The molecule has 2 atom stereocenters. The summed E-state index contributed by atoms with van der Waals surface area (Å²) in [4.78, 5) is 4.55. The molecule has 1 aromatic carbocycles. The molecular weight excluding hydrogens is 218 g/mol. The lowest BCUT2D eigenvalue weighted by atomic mass is 10.2. The van der Waals surface area contributed by atoms with Crippen LogP contribution in [-0.2, 0) is 0 Å². The van der Waals surface area contributed by atoms with E-state index in [1.165, 1.54) is 0 Å². The van der Waals surface area contributed by atoms with Crippen molar-refractivity contribution in [2.75, 3.05) is 0 Å². The van der Waals surface area contributed by atoms with E-state index in [9.17, 15) is 5.11 Å². The highest BCUT2D eigenvalue weighted by atomic mass is 32.2. The Bertz CT molecular complexity index is 484. The first kappa shape index (κ1) is 11.4. The van der Waals surface area contributed by atoms with Crippen LogP contribution in [0.25, 0.3) is 10.9 Å². The van der Waals surface area contributed by atoms with Gasteiger partial charge in [-0.3, -0.25) is 0 Å². The molecule has 0 fully saturated rings. The summed E-state index contributed by atoms with van der Waals surface area (Å²) < 4.78 is 0. The van der Waals surface area contributed by atoms with Crippen molar-refractivity contribution in [1.29, 1.82) is 0 Å². The molecule has 3 heteroatoms. The van der Waals surface area contributed by atoms with Crippen molar-refractivity contribution in [3.05, 3.63) is 36.4 Å². The van der Waals surface area contributed by atoms with Gasteiger partial charge in [-0.15, -0.1) is 11.8 Å². The molecule has 1 N–H and O–H groups in total. The molecule has 0 spiro atoms. The molecule has 2 rings (SSSR count). The molecule has 2 unspecified atom stereocenters. The number of benzene rings is 1. The number of aliphatic hydroxyl groups excluding tert-OH is 1. The van der Waals surface area contributed by atoms with E-state index in [2.05, 4.69) is 17.1 Å². The molecule has 0 aliphatic rings. The monoisotopic (exact) mass is 233 g/mol. The van der Waals surface area contributed by atoms with E-state index in [0.717, 1.165) is 15.9 Å². The van der Waals surface area contributed by atoms with Crippen LogP contribution in [0.5, 0.6) is 0 Å².